The molecule has 0 atom stereocenters. The highest BCUT2D eigenvalue weighted by Crippen LogP contribution is 2.40. The summed E-state index contributed by atoms with van der Waals surface area (Å²) >= 11 is 0. The van der Waals surface area contributed by atoms with Crippen LogP contribution in [0.4, 0.5) is 0 Å². The van der Waals surface area contributed by atoms with Crippen LogP contribution in [0.1, 0.15) is 24.4 Å². The standard InChI is InChI=1S/C12H9ClN4O2S/c13-20(18,19)12-16-15-11(17(12)10-4-5-10)9-3-1-2-8(6-9)7-14/h1-3,6,10H,4-5H2. The van der Waals surface area contributed by atoms with Crippen LogP contribution in [-0.4, -0.2) is 23.2 Å². The van der Waals surface area contributed by atoms with E-state index in [1.54, 1.807) is 28.8 Å². The fourth-order valence-corrected chi connectivity index (χ4v) is 2.95. The van der Waals surface area contributed by atoms with Gasteiger partial charge in [0.1, 0.15) is 0 Å². The van der Waals surface area contributed by atoms with Gasteiger partial charge in [0.2, 0.25) is 0 Å². The first-order chi connectivity index (χ1) is 9.50. The van der Waals surface area contributed by atoms with Crippen molar-refractivity contribution in [1.29, 1.82) is 5.26 Å². The van der Waals surface area contributed by atoms with Crippen molar-refractivity contribution in [2.24, 2.45) is 0 Å². The van der Waals surface area contributed by atoms with Gasteiger partial charge in [-0.2, -0.15) is 5.26 Å². The van der Waals surface area contributed by atoms with E-state index in [1.165, 1.54) is 0 Å². The lowest BCUT2D eigenvalue weighted by Gasteiger charge is -2.07. The lowest BCUT2D eigenvalue weighted by Crippen LogP contribution is -2.06. The lowest BCUT2D eigenvalue weighted by atomic mass is 10.1. The van der Waals surface area contributed by atoms with Crippen LogP contribution in [0.5, 0.6) is 0 Å². The third kappa shape index (κ3) is 2.28. The fourth-order valence-electron chi connectivity index (χ4n) is 2.03. The first-order valence-electron chi connectivity index (χ1n) is 5.91. The van der Waals surface area contributed by atoms with Gasteiger partial charge < -0.3 is 0 Å². The van der Waals surface area contributed by atoms with Crippen molar-refractivity contribution in [2.75, 3.05) is 0 Å². The van der Waals surface area contributed by atoms with Crippen molar-refractivity contribution in [3.63, 3.8) is 0 Å². The average molecular weight is 309 g/mol. The summed E-state index contributed by atoms with van der Waals surface area (Å²) < 4.78 is 24.6. The second kappa shape index (κ2) is 4.58. The van der Waals surface area contributed by atoms with Crippen LogP contribution in [-0.2, 0) is 9.05 Å². The monoisotopic (exact) mass is 308 g/mol. The molecule has 0 N–H and O–H groups in total. The number of nitriles is 1. The van der Waals surface area contributed by atoms with Crippen molar-refractivity contribution in [1.82, 2.24) is 14.8 Å². The van der Waals surface area contributed by atoms with E-state index in [2.05, 4.69) is 10.2 Å². The van der Waals surface area contributed by atoms with Crippen LogP contribution < -0.4 is 0 Å². The molecular formula is C12H9ClN4O2S. The molecule has 1 aromatic carbocycles. The van der Waals surface area contributed by atoms with Gasteiger partial charge in [-0.05, 0) is 25.0 Å². The third-order valence-corrected chi connectivity index (χ3v) is 4.17. The van der Waals surface area contributed by atoms with Gasteiger partial charge in [0.25, 0.3) is 14.2 Å². The molecule has 20 heavy (non-hydrogen) atoms. The van der Waals surface area contributed by atoms with Crippen molar-refractivity contribution >= 4 is 19.7 Å². The first-order valence-corrected chi connectivity index (χ1v) is 8.22. The summed E-state index contributed by atoms with van der Waals surface area (Å²) in [5, 5.41) is 16.3. The summed E-state index contributed by atoms with van der Waals surface area (Å²) in [6, 6.07) is 8.88. The number of hydrogen-bond donors (Lipinski definition) is 0. The van der Waals surface area contributed by atoms with E-state index >= 15 is 0 Å². The zero-order chi connectivity index (χ0) is 14.3. The number of hydrogen-bond acceptors (Lipinski definition) is 5. The molecule has 0 unspecified atom stereocenters. The summed E-state index contributed by atoms with van der Waals surface area (Å²) in [6.07, 6.45) is 1.73. The fraction of sp³-hybridized carbons (Fsp3) is 0.250. The Bertz CT molecular complexity index is 818. The molecular weight excluding hydrogens is 300 g/mol. The Morgan fingerprint density at radius 1 is 1.35 bits per heavy atom. The van der Waals surface area contributed by atoms with E-state index in [9.17, 15) is 8.42 Å². The van der Waals surface area contributed by atoms with Crippen LogP contribution in [0, 0.1) is 11.3 Å². The van der Waals surface area contributed by atoms with E-state index < -0.39 is 9.05 Å². The van der Waals surface area contributed by atoms with Gasteiger partial charge in [-0.1, -0.05) is 12.1 Å². The molecule has 0 spiro atoms. The minimum atomic E-state index is -3.94. The maximum absolute atomic E-state index is 11.5. The Balaban J connectivity index is 2.20. The van der Waals surface area contributed by atoms with E-state index in [0.29, 0.717) is 17.0 Å². The van der Waals surface area contributed by atoms with Crippen LogP contribution in [0.15, 0.2) is 29.4 Å². The van der Waals surface area contributed by atoms with Crippen molar-refractivity contribution in [2.45, 2.75) is 24.0 Å². The predicted octanol–water partition coefficient (Wildman–Crippen LogP) is 2.08. The summed E-state index contributed by atoms with van der Waals surface area (Å²) in [5.41, 5.74) is 1.12. The maximum Gasteiger partial charge on any atom is 0.296 e. The van der Waals surface area contributed by atoms with Gasteiger partial charge in [-0.25, -0.2) is 8.42 Å². The molecule has 1 aliphatic rings. The summed E-state index contributed by atoms with van der Waals surface area (Å²) in [7, 11) is 1.45. The van der Waals surface area contributed by atoms with Crippen molar-refractivity contribution in [3.8, 4) is 17.5 Å². The van der Waals surface area contributed by atoms with Gasteiger partial charge in [0.05, 0.1) is 11.6 Å². The molecule has 0 radical (unpaired) electrons. The Morgan fingerprint density at radius 3 is 2.70 bits per heavy atom. The molecule has 0 bridgehead atoms. The molecule has 2 aromatic rings. The van der Waals surface area contributed by atoms with Crippen LogP contribution in [0.25, 0.3) is 11.4 Å². The number of benzene rings is 1. The minimum Gasteiger partial charge on any atom is -0.294 e. The minimum absolute atomic E-state index is 0.0502. The zero-order valence-corrected chi connectivity index (χ0v) is 11.8. The first kappa shape index (κ1) is 13.1. The van der Waals surface area contributed by atoms with Crippen LogP contribution >= 0.6 is 10.7 Å². The zero-order valence-electron chi connectivity index (χ0n) is 10.2. The topological polar surface area (TPSA) is 88.6 Å². The Hall–Kier alpha value is -1.91. The van der Waals surface area contributed by atoms with Gasteiger partial charge in [0.15, 0.2) is 5.82 Å². The molecule has 0 amide bonds. The quantitative estimate of drug-likeness (QED) is 0.810. The van der Waals surface area contributed by atoms with Crippen molar-refractivity contribution in [3.05, 3.63) is 29.8 Å². The molecule has 1 aliphatic carbocycles. The normalized spacial score (nSPS) is 15.0. The third-order valence-electron chi connectivity index (χ3n) is 3.04. The van der Waals surface area contributed by atoms with E-state index in [0.717, 1.165) is 12.8 Å². The lowest BCUT2D eigenvalue weighted by molar-refractivity contribution is 0.579. The number of nitrogens with zero attached hydrogens (tertiary/aromatic N) is 4. The molecule has 6 nitrogen and oxygen atoms in total. The number of halogens is 1. The van der Waals surface area contributed by atoms with E-state index in [-0.39, 0.29) is 11.2 Å². The smallest absolute Gasteiger partial charge is 0.294 e. The Labute approximate surface area is 120 Å². The molecule has 102 valence electrons. The average Bonchev–Trinajstić information content (AvgIpc) is 3.15. The van der Waals surface area contributed by atoms with E-state index in [4.69, 9.17) is 15.9 Å². The molecule has 1 aromatic heterocycles. The molecule has 1 fully saturated rings. The largest absolute Gasteiger partial charge is 0.296 e. The summed E-state index contributed by atoms with van der Waals surface area (Å²) in [6.45, 7) is 0. The van der Waals surface area contributed by atoms with E-state index in [1.807, 2.05) is 6.07 Å². The second-order valence-corrected chi connectivity index (χ2v) is 7.00. The highest BCUT2D eigenvalue weighted by molar-refractivity contribution is 8.13. The van der Waals surface area contributed by atoms with Crippen LogP contribution in [0.2, 0.25) is 0 Å². The maximum atomic E-state index is 11.5. The molecule has 3 rings (SSSR count). The van der Waals surface area contributed by atoms with Crippen molar-refractivity contribution < 1.29 is 8.42 Å². The van der Waals surface area contributed by atoms with Gasteiger partial charge in [0, 0.05) is 22.3 Å². The number of rotatable bonds is 3. The van der Waals surface area contributed by atoms with Gasteiger partial charge >= 0.3 is 0 Å². The summed E-state index contributed by atoms with van der Waals surface area (Å²) in [4.78, 5) is 0. The Morgan fingerprint density at radius 2 is 2.10 bits per heavy atom. The highest BCUT2D eigenvalue weighted by Gasteiger charge is 2.34. The molecule has 0 aliphatic heterocycles. The summed E-state index contributed by atoms with van der Waals surface area (Å²) in [5.74, 6) is 0.420. The molecule has 0 saturated heterocycles. The Kier molecular flexibility index (Phi) is 3.00. The predicted molar refractivity (Wildman–Crippen MR) is 71.5 cm³/mol. The molecule has 1 saturated carbocycles. The van der Waals surface area contributed by atoms with Gasteiger partial charge in [-0.15, -0.1) is 10.2 Å². The van der Waals surface area contributed by atoms with Crippen LogP contribution in [0.3, 0.4) is 0 Å². The SMILES string of the molecule is N#Cc1cccc(-c2nnc(S(=O)(=O)Cl)n2C2CC2)c1. The number of aromatic nitrogens is 3. The highest BCUT2D eigenvalue weighted by atomic mass is 35.7. The molecule has 1 heterocycles. The second-order valence-electron chi connectivity index (χ2n) is 4.54. The van der Waals surface area contributed by atoms with Gasteiger partial charge in [-0.3, -0.25) is 4.57 Å². The molecule has 8 heteroatoms.